The Labute approximate surface area is 143 Å². The van der Waals surface area contributed by atoms with Crippen LogP contribution in [0.5, 0.6) is 0 Å². The first-order chi connectivity index (χ1) is 12.0. The van der Waals surface area contributed by atoms with Gasteiger partial charge in [-0.25, -0.2) is 8.78 Å². The molecular weight excluding hydrogens is 328 g/mol. The van der Waals surface area contributed by atoms with Crippen LogP contribution in [0, 0.1) is 25.5 Å². The second-order valence-corrected chi connectivity index (χ2v) is 6.54. The average molecular weight is 345 g/mol. The Morgan fingerprint density at radius 2 is 1.80 bits per heavy atom. The van der Waals surface area contributed by atoms with Gasteiger partial charge in [0.2, 0.25) is 11.7 Å². The normalized spacial score (nSPS) is 16.5. The van der Waals surface area contributed by atoms with E-state index in [1.165, 1.54) is 12.1 Å². The molecule has 2 aromatic heterocycles. The molecule has 130 valence electrons. The Hall–Kier alpha value is -2.57. The van der Waals surface area contributed by atoms with E-state index in [0.717, 1.165) is 18.9 Å². The maximum atomic E-state index is 14.5. The lowest BCUT2D eigenvalue weighted by Gasteiger charge is -2.25. The summed E-state index contributed by atoms with van der Waals surface area (Å²) in [5, 5.41) is 7.96. The number of hydrogen-bond acceptors (Lipinski definition) is 5. The molecule has 3 aromatic rings. The van der Waals surface area contributed by atoms with Crippen LogP contribution < -0.4 is 0 Å². The molecule has 0 radical (unpaired) electrons. The number of aryl methyl sites for hydroxylation is 2. The first-order valence-electron chi connectivity index (χ1n) is 8.24. The fourth-order valence-electron chi connectivity index (χ4n) is 3.78. The third-order valence-electron chi connectivity index (χ3n) is 5.00. The van der Waals surface area contributed by atoms with Gasteiger partial charge in [-0.15, -0.1) is 0 Å². The Kier molecular flexibility index (Phi) is 3.67. The smallest absolute Gasteiger partial charge is 0.237 e. The first kappa shape index (κ1) is 15.9. The summed E-state index contributed by atoms with van der Waals surface area (Å²) in [6, 6.07) is 3.65. The highest BCUT2D eigenvalue weighted by Crippen LogP contribution is 2.47. The summed E-state index contributed by atoms with van der Waals surface area (Å²) in [5.41, 5.74) is 1.03. The number of nitrogens with zero attached hydrogens (tertiary/aromatic N) is 3. The van der Waals surface area contributed by atoms with E-state index >= 15 is 0 Å². The number of benzene rings is 1. The Morgan fingerprint density at radius 3 is 2.44 bits per heavy atom. The van der Waals surface area contributed by atoms with Gasteiger partial charge in [0.15, 0.2) is 0 Å². The van der Waals surface area contributed by atoms with Gasteiger partial charge in [0.1, 0.15) is 17.4 Å². The Morgan fingerprint density at radius 1 is 1.04 bits per heavy atom. The number of hydrogen-bond donors (Lipinski definition) is 0. The van der Waals surface area contributed by atoms with Crippen molar-refractivity contribution in [2.24, 2.45) is 0 Å². The molecule has 1 saturated carbocycles. The largest absolute Gasteiger partial charge is 0.361 e. The highest BCUT2D eigenvalue weighted by molar-refractivity contribution is 5.59. The molecule has 0 unspecified atom stereocenters. The van der Waals surface area contributed by atoms with Gasteiger partial charge >= 0.3 is 0 Å². The third-order valence-corrected chi connectivity index (χ3v) is 5.00. The van der Waals surface area contributed by atoms with Crippen molar-refractivity contribution < 1.29 is 17.8 Å². The molecule has 0 saturated heterocycles. The van der Waals surface area contributed by atoms with Crippen LogP contribution in [0.3, 0.4) is 0 Å². The maximum absolute atomic E-state index is 14.5. The lowest BCUT2D eigenvalue weighted by Crippen LogP contribution is -2.26. The molecular formula is C18H17F2N3O2. The van der Waals surface area contributed by atoms with E-state index in [1.807, 2.05) is 0 Å². The van der Waals surface area contributed by atoms with E-state index < -0.39 is 17.0 Å². The summed E-state index contributed by atoms with van der Waals surface area (Å²) in [5.74, 6) is 0.138. The van der Waals surface area contributed by atoms with Crippen LogP contribution in [-0.2, 0) is 5.41 Å². The molecule has 4 rings (SSSR count). The van der Waals surface area contributed by atoms with Crippen LogP contribution in [0.1, 0.15) is 48.6 Å². The van der Waals surface area contributed by atoms with Gasteiger partial charge < -0.3 is 9.05 Å². The van der Waals surface area contributed by atoms with Gasteiger partial charge in [-0.3, -0.25) is 0 Å². The summed E-state index contributed by atoms with van der Waals surface area (Å²) in [6.07, 6.45) is 3.19. The highest BCUT2D eigenvalue weighted by Gasteiger charge is 2.44. The lowest BCUT2D eigenvalue weighted by molar-refractivity contribution is 0.305. The van der Waals surface area contributed by atoms with E-state index in [9.17, 15) is 8.78 Å². The van der Waals surface area contributed by atoms with Gasteiger partial charge in [0.05, 0.1) is 16.7 Å². The molecule has 2 heterocycles. The molecule has 7 heteroatoms. The standard InChI is InChI=1S/C18H17F2N3O2/c1-10-15(11(2)24-22-10)16-21-17(25-23-16)18(7-3-4-8-18)13-6-5-12(19)9-14(13)20/h5-6,9H,3-4,7-8H2,1-2H3. The van der Waals surface area contributed by atoms with Crippen LogP contribution in [-0.4, -0.2) is 15.3 Å². The van der Waals surface area contributed by atoms with Crippen LogP contribution in [0.15, 0.2) is 27.2 Å². The van der Waals surface area contributed by atoms with E-state index in [1.54, 1.807) is 13.8 Å². The van der Waals surface area contributed by atoms with Crippen molar-refractivity contribution in [3.05, 3.63) is 52.7 Å². The number of rotatable bonds is 3. The zero-order valence-electron chi connectivity index (χ0n) is 14.0. The SMILES string of the molecule is Cc1noc(C)c1-c1noc(C2(c3ccc(F)cc3F)CCCC2)n1. The van der Waals surface area contributed by atoms with Gasteiger partial charge in [0.25, 0.3) is 0 Å². The highest BCUT2D eigenvalue weighted by atomic mass is 19.1. The summed E-state index contributed by atoms with van der Waals surface area (Å²) < 4.78 is 38.5. The quantitative estimate of drug-likeness (QED) is 0.700. The maximum Gasteiger partial charge on any atom is 0.237 e. The predicted molar refractivity (Wildman–Crippen MR) is 84.9 cm³/mol. The predicted octanol–water partition coefficient (Wildman–Crippen LogP) is 4.48. The molecule has 0 bridgehead atoms. The number of aromatic nitrogens is 3. The lowest BCUT2D eigenvalue weighted by atomic mass is 9.78. The van der Waals surface area contributed by atoms with E-state index in [2.05, 4.69) is 15.3 Å². The van der Waals surface area contributed by atoms with Crippen molar-refractivity contribution in [2.45, 2.75) is 44.9 Å². The molecule has 1 fully saturated rings. The molecule has 25 heavy (non-hydrogen) atoms. The fraction of sp³-hybridized carbons (Fsp3) is 0.389. The van der Waals surface area contributed by atoms with Crippen LogP contribution in [0.2, 0.25) is 0 Å². The Bertz CT molecular complexity index is 907. The molecule has 0 spiro atoms. The van der Waals surface area contributed by atoms with Gasteiger partial charge in [0, 0.05) is 11.6 Å². The second-order valence-electron chi connectivity index (χ2n) is 6.54. The Balaban J connectivity index is 1.83. The minimum atomic E-state index is -0.720. The summed E-state index contributed by atoms with van der Waals surface area (Å²) >= 11 is 0. The van der Waals surface area contributed by atoms with Gasteiger partial charge in [-0.2, -0.15) is 4.98 Å². The van der Waals surface area contributed by atoms with E-state index in [-0.39, 0.29) is 0 Å². The van der Waals surface area contributed by atoms with Gasteiger partial charge in [-0.05, 0) is 32.8 Å². The van der Waals surface area contributed by atoms with Crippen molar-refractivity contribution in [3.63, 3.8) is 0 Å². The van der Waals surface area contributed by atoms with Gasteiger partial charge in [-0.1, -0.05) is 29.2 Å². The molecule has 1 aliphatic carbocycles. The first-order valence-corrected chi connectivity index (χ1v) is 8.24. The van der Waals surface area contributed by atoms with E-state index in [0.29, 0.717) is 47.1 Å². The summed E-state index contributed by atoms with van der Waals surface area (Å²) in [7, 11) is 0. The molecule has 5 nitrogen and oxygen atoms in total. The topological polar surface area (TPSA) is 65.0 Å². The van der Waals surface area contributed by atoms with E-state index in [4.69, 9.17) is 9.05 Å². The summed E-state index contributed by atoms with van der Waals surface area (Å²) in [6.45, 7) is 3.57. The van der Waals surface area contributed by atoms with Crippen LogP contribution in [0.25, 0.3) is 11.4 Å². The minimum absolute atomic E-state index is 0.352. The molecule has 0 aliphatic heterocycles. The average Bonchev–Trinajstić information content (AvgIpc) is 3.28. The van der Waals surface area contributed by atoms with Crippen molar-refractivity contribution >= 4 is 0 Å². The van der Waals surface area contributed by atoms with Crippen molar-refractivity contribution in [3.8, 4) is 11.4 Å². The molecule has 1 aromatic carbocycles. The molecule has 0 N–H and O–H groups in total. The zero-order valence-corrected chi connectivity index (χ0v) is 14.0. The second kappa shape index (κ2) is 5.75. The minimum Gasteiger partial charge on any atom is -0.361 e. The summed E-state index contributed by atoms with van der Waals surface area (Å²) in [4.78, 5) is 4.53. The van der Waals surface area contributed by atoms with Crippen molar-refractivity contribution in [1.29, 1.82) is 0 Å². The fourth-order valence-corrected chi connectivity index (χ4v) is 3.78. The van der Waals surface area contributed by atoms with Crippen molar-refractivity contribution in [1.82, 2.24) is 15.3 Å². The van der Waals surface area contributed by atoms with Crippen molar-refractivity contribution in [2.75, 3.05) is 0 Å². The number of halogens is 2. The van der Waals surface area contributed by atoms with Crippen LogP contribution in [0.4, 0.5) is 8.78 Å². The molecule has 0 amide bonds. The molecule has 1 aliphatic rings. The third kappa shape index (κ3) is 2.45. The zero-order chi connectivity index (χ0) is 17.6. The van der Waals surface area contributed by atoms with Crippen LogP contribution >= 0.6 is 0 Å². The monoisotopic (exact) mass is 345 g/mol. The molecule has 0 atom stereocenters.